The zero-order valence-electron chi connectivity index (χ0n) is 39.3. The summed E-state index contributed by atoms with van der Waals surface area (Å²) in [5.41, 5.74) is 14.4. The highest BCUT2D eigenvalue weighted by atomic mass is 19.1. The lowest BCUT2D eigenvalue weighted by Crippen LogP contribution is -2.48. The third-order valence-electron chi connectivity index (χ3n) is 14.6. The molecule has 0 saturated heterocycles. The van der Waals surface area contributed by atoms with Gasteiger partial charge >= 0.3 is 0 Å². The molecule has 68 heavy (non-hydrogen) atoms. The van der Waals surface area contributed by atoms with Gasteiger partial charge in [-0.1, -0.05) is 85.8 Å². The van der Waals surface area contributed by atoms with Gasteiger partial charge in [0.25, 0.3) is 0 Å². The van der Waals surface area contributed by atoms with Crippen LogP contribution in [0.5, 0.6) is 0 Å². The van der Waals surface area contributed by atoms with Crippen molar-refractivity contribution in [2.45, 2.75) is 77.2 Å². The van der Waals surface area contributed by atoms with Crippen molar-refractivity contribution in [3.63, 3.8) is 0 Å². The van der Waals surface area contributed by atoms with Crippen LogP contribution in [0.2, 0.25) is 0 Å². The lowest BCUT2D eigenvalue weighted by molar-refractivity contribution is 0.387. The highest BCUT2D eigenvalue weighted by Crippen LogP contribution is 2.47. The Morgan fingerprint density at radius 3 is 2.07 bits per heavy atom. The quantitative estimate of drug-likeness (QED) is 0.100. The Kier molecular flexibility index (Phi) is 11.0. The fourth-order valence-electron chi connectivity index (χ4n) is 11.1. The van der Waals surface area contributed by atoms with Crippen molar-refractivity contribution in [2.24, 2.45) is 0 Å². The first kappa shape index (κ1) is 43.1. The van der Waals surface area contributed by atoms with Gasteiger partial charge in [-0.05, 0) is 186 Å². The van der Waals surface area contributed by atoms with Crippen LogP contribution in [0.25, 0.3) is 50.2 Å². The summed E-state index contributed by atoms with van der Waals surface area (Å²) in [6, 6.07) is 48.6. The molecular weight excluding hydrogens is 839 g/mol. The van der Waals surface area contributed by atoms with E-state index in [-0.39, 0.29) is 22.6 Å². The van der Waals surface area contributed by atoms with Gasteiger partial charge in [-0.25, -0.2) is 8.78 Å². The second-order valence-corrected chi connectivity index (χ2v) is 19.2. The highest BCUT2D eigenvalue weighted by Gasteiger charge is 2.40. The van der Waals surface area contributed by atoms with E-state index in [1.165, 1.54) is 52.6 Å². The Hall–Kier alpha value is -7.44. The number of hydrogen-bond acceptors (Lipinski definition) is 2. The Bertz CT molecular complexity index is 3410. The number of nitrogens with zero attached hydrogens (tertiary/aromatic N) is 4. The van der Waals surface area contributed by atoms with Crippen LogP contribution in [-0.2, 0) is 11.8 Å². The van der Waals surface area contributed by atoms with Crippen LogP contribution < -0.4 is 9.80 Å². The van der Waals surface area contributed by atoms with Crippen LogP contribution in [-0.4, -0.2) is 14.7 Å². The first-order valence-electron chi connectivity index (χ1n) is 24.0. The van der Waals surface area contributed by atoms with Gasteiger partial charge in [0.15, 0.2) is 0 Å². The number of fused-ring (bicyclic) bond motifs is 6. The number of anilines is 4. The maximum Gasteiger partial charge on any atom is 0.123 e. The van der Waals surface area contributed by atoms with E-state index >= 15 is 0 Å². The van der Waals surface area contributed by atoms with Crippen LogP contribution >= 0.6 is 0 Å². The van der Waals surface area contributed by atoms with Crippen molar-refractivity contribution >= 4 is 67.2 Å². The number of para-hydroxylation sites is 2. The minimum atomic E-state index is -0.255. The first-order valence-corrected chi connectivity index (χ1v) is 24.0. The fraction of sp³-hybridized carbons (Fsp3) is 0.194. The van der Waals surface area contributed by atoms with E-state index in [0.29, 0.717) is 0 Å². The van der Waals surface area contributed by atoms with Gasteiger partial charge in [-0.15, -0.1) is 0 Å². The number of aromatic nitrogens is 2. The van der Waals surface area contributed by atoms with Crippen molar-refractivity contribution in [1.29, 1.82) is 0 Å². The van der Waals surface area contributed by atoms with Gasteiger partial charge in [0.2, 0.25) is 0 Å². The van der Waals surface area contributed by atoms with Gasteiger partial charge < -0.3 is 18.9 Å². The topological polar surface area (TPSA) is 16.3 Å². The maximum absolute atomic E-state index is 14.0. The van der Waals surface area contributed by atoms with Crippen LogP contribution in [0.4, 0.5) is 31.5 Å². The molecule has 0 bridgehead atoms. The van der Waals surface area contributed by atoms with E-state index in [0.717, 1.165) is 94.3 Å². The summed E-state index contributed by atoms with van der Waals surface area (Å²) < 4.78 is 32.4. The molecule has 3 aliphatic carbocycles. The summed E-state index contributed by atoms with van der Waals surface area (Å²) in [5, 5.41) is 3.55. The summed E-state index contributed by atoms with van der Waals surface area (Å²) in [4.78, 5) is 4.95. The zero-order valence-corrected chi connectivity index (χ0v) is 39.3. The minimum absolute atomic E-state index is 0.161. The number of benzene rings is 6. The molecule has 338 valence electrons. The van der Waals surface area contributed by atoms with Crippen molar-refractivity contribution in [3.05, 3.63) is 222 Å². The van der Waals surface area contributed by atoms with E-state index in [2.05, 4.69) is 197 Å². The summed E-state index contributed by atoms with van der Waals surface area (Å²) in [5.74, 6) is -0.450. The molecular formula is C62H56F2N4. The minimum Gasteiger partial charge on any atom is -0.336 e. The predicted molar refractivity (Wildman–Crippen MR) is 283 cm³/mol. The van der Waals surface area contributed by atoms with Gasteiger partial charge in [0.05, 0.1) is 27.9 Å². The molecule has 8 aromatic rings. The summed E-state index contributed by atoms with van der Waals surface area (Å²) in [6.07, 6.45) is 25.6. The Morgan fingerprint density at radius 2 is 1.32 bits per heavy atom. The van der Waals surface area contributed by atoms with Crippen molar-refractivity contribution in [2.75, 3.05) is 9.80 Å². The normalized spacial score (nSPS) is 19.5. The molecule has 11 rings (SSSR count). The van der Waals surface area contributed by atoms with Gasteiger partial charge in [0.1, 0.15) is 5.82 Å². The third kappa shape index (κ3) is 7.62. The smallest absolute Gasteiger partial charge is 0.123 e. The van der Waals surface area contributed by atoms with Gasteiger partial charge in [-0.3, -0.25) is 0 Å². The van der Waals surface area contributed by atoms with Crippen molar-refractivity contribution in [1.82, 2.24) is 9.13 Å². The lowest BCUT2D eigenvalue weighted by atomic mass is 9.70. The molecule has 2 atom stereocenters. The summed E-state index contributed by atoms with van der Waals surface area (Å²) in [6.45, 7) is 8.35. The highest BCUT2D eigenvalue weighted by molar-refractivity contribution is 6.10. The lowest BCUT2D eigenvalue weighted by Gasteiger charge is -2.47. The summed E-state index contributed by atoms with van der Waals surface area (Å²) in [7, 11) is 0. The van der Waals surface area contributed by atoms with Crippen molar-refractivity contribution in [3.8, 4) is 5.69 Å². The van der Waals surface area contributed by atoms with Crippen LogP contribution in [0.3, 0.4) is 0 Å². The zero-order chi connectivity index (χ0) is 46.6. The van der Waals surface area contributed by atoms with Crippen molar-refractivity contribution < 1.29 is 8.78 Å². The molecule has 3 aliphatic rings. The maximum atomic E-state index is 14.0. The van der Waals surface area contributed by atoms with E-state index in [1.54, 1.807) is 6.08 Å². The third-order valence-corrected chi connectivity index (χ3v) is 14.6. The molecule has 2 unspecified atom stereocenters. The molecule has 0 radical (unpaired) electrons. The SMILES string of the molecule is C/C(F)=C\C=C(/C)n1c2c(c3cc(N(C4=CC=CCC4)C4(C)C=CC(C)(c5ccc(N(c6ccccc6)c6ccc7c(c6)c6ccccc6n7-c6ccc(F)cc6)cc5)CC4)ccc31)CCC=C2. The Morgan fingerprint density at radius 1 is 0.632 bits per heavy atom. The predicted octanol–water partition coefficient (Wildman–Crippen LogP) is 17.1. The number of rotatable bonds is 10. The largest absolute Gasteiger partial charge is 0.336 e. The molecule has 6 aromatic carbocycles. The second-order valence-electron chi connectivity index (χ2n) is 19.2. The number of allylic oxidation sites excluding steroid dienone is 10. The molecule has 6 heteroatoms. The average Bonchev–Trinajstić information content (AvgIpc) is 3.88. The number of halogens is 2. The molecule has 0 spiro atoms. The first-order chi connectivity index (χ1) is 33.1. The summed E-state index contributed by atoms with van der Waals surface area (Å²) >= 11 is 0. The van der Waals surface area contributed by atoms with Gasteiger partial charge in [-0.2, -0.15) is 0 Å². The Balaban J connectivity index is 0.937. The van der Waals surface area contributed by atoms with E-state index in [4.69, 9.17) is 0 Å². The van der Waals surface area contributed by atoms with Crippen LogP contribution in [0, 0.1) is 5.82 Å². The second kappa shape index (κ2) is 17.3. The monoisotopic (exact) mass is 894 g/mol. The van der Waals surface area contributed by atoms with E-state index < -0.39 is 0 Å². The number of aryl methyl sites for hydroxylation is 1. The molecule has 0 aliphatic heterocycles. The number of hydrogen-bond donors (Lipinski definition) is 0. The molecule has 4 nitrogen and oxygen atoms in total. The molecule has 0 amide bonds. The average molecular weight is 895 g/mol. The van der Waals surface area contributed by atoms with Gasteiger partial charge in [0, 0.05) is 67.1 Å². The molecule has 0 saturated carbocycles. The van der Waals surface area contributed by atoms with E-state index in [1.807, 2.05) is 18.2 Å². The molecule has 0 fully saturated rings. The molecule has 2 aromatic heterocycles. The molecule has 0 N–H and O–H groups in total. The standard InChI is InChI=1S/C62H56F2N4/c1-43(63)23-24-44(2)65-57-21-13-11-19-53(57)56-42-52(34-36-59(56)65)68(50-17-9-6-10-18-50)62(4)39-37-61(3,38-40-62)45-25-29-48(30-26-45)66(47-15-7-5-8-16-47)51-33-35-60-55(41-51)54-20-12-14-22-58(54)67(60)49-31-27-46(64)28-32-49/h5-9,12-17,20-37,39,41-42H,10-11,18-19,38,40H2,1-4H3/b43-23+,44-24+. The Labute approximate surface area is 398 Å². The van der Waals surface area contributed by atoms with Crippen LogP contribution in [0.1, 0.15) is 76.6 Å². The van der Waals surface area contributed by atoms with Crippen LogP contribution in [0.15, 0.2) is 200 Å². The van der Waals surface area contributed by atoms with E-state index in [9.17, 15) is 8.78 Å². The molecule has 2 heterocycles. The fourth-order valence-corrected chi connectivity index (χ4v) is 11.1.